The SMILES string of the molecule is CCOC(=O)c1c(NCC(=O)c2ccccc2)sc2c1CCCC2. The number of thiophene rings is 1. The number of hydrogen-bond donors (Lipinski definition) is 1. The number of aryl methyl sites for hydroxylation is 1. The van der Waals surface area contributed by atoms with Gasteiger partial charge in [-0.2, -0.15) is 0 Å². The van der Waals surface area contributed by atoms with E-state index in [1.165, 1.54) is 4.88 Å². The molecule has 0 radical (unpaired) electrons. The third-order valence-electron chi connectivity index (χ3n) is 4.16. The summed E-state index contributed by atoms with van der Waals surface area (Å²) in [5, 5.41) is 3.94. The zero-order chi connectivity index (χ0) is 16.9. The van der Waals surface area contributed by atoms with E-state index < -0.39 is 0 Å². The second-order valence-electron chi connectivity index (χ2n) is 5.78. The van der Waals surface area contributed by atoms with Crippen molar-refractivity contribution in [3.8, 4) is 0 Å². The third kappa shape index (κ3) is 3.51. The Kier molecular flexibility index (Phi) is 5.30. The van der Waals surface area contributed by atoms with Gasteiger partial charge in [0.05, 0.1) is 18.7 Å². The van der Waals surface area contributed by atoms with Crippen LogP contribution in [0.3, 0.4) is 0 Å². The number of hydrogen-bond acceptors (Lipinski definition) is 5. The number of carbonyl (C=O) groups is 2. The first-order valence-corrected chi connectivity index (χ1v) is 9.16. The molecule has 1 heterocycles. The van der Waals surface area contributed by atoms with Gasteiger partial charge in [-0.3, -0.25) is 4.79 Å². The number of carbonyl (C=O) groups excluding carboxylic acids is 2. The van der Waals surface area contributed by atoms with Crippen molar-refractivity contribution in [2.75, 3.05) is 18.5 Å². The van der Waals surface area contributed by atoms with Crippen LogP contribution < -0.4 is 5.32 Å². The number of esters is 1. The van der Waals surface area contributed by atoms with Crippen LogP contribution in [0.1, 0.15) is 50.9 Å². The van der Waals surface area contributed by atoms with E-state index in [0.717, 1.165) is 36.2 Å². The molecule has 3 rings (SSSR count). The van der Waals surface area contributed by atoms with Gasteiger partial charge < -0.3 is 10.1 Å². The van der Waals surface area contributed by atoms with Crippen molar-refractivity contribution in [3.05, 3.63) is 51.9 Å². The number of rotatable bonds is 6. The van der Waals surface area contributed by atoms with Crippen molar-refractivity contribution >= 4 is 28.1 Å². The Morgan fingerprint density at radius 1 is 1.17 bits per heavy atom. The van der Waals surface area contributed by atoms with Gasteiger partial charge >= 0.3 is 5.97 Å². The summed E-state index contributed by atoms with van der Waals surface area (Å²) in [5.41, 5.74) is 2.42. The molecule has 0 amide bonds. The normalized spacial score (nSPS) is 13.2. The average Bonchev–Trinajstić information content (AvgIpc) is 2.99. The Hall–Kier alpha value is -2.14. The maximum atomic E-state index is 12.4. The molecular formula is C19H21NO3S. The van der Waals surface area contributed by atoms with Crippen LogP contribution in [0.4, 0.5) is 5.00 Å². The highest BCUT2D eigenvalue weighted by Gasteiger charge is 2.26. The Morgan fingerprint density at radius 2 is 1.92 bits per heavy atom. The zero-order valence-corrected chi connectivity index (χ0v) is 14.6. The number of benzene rings is 1. The summed E-state index contributed by atoms with van der Waals surface area (Å²) in [5.74, 6) is -0.275. The third-order valence-corrected chi connectivity index (χ3v) is 5.41. The van der Waals surface area contributed by atoms with Crippen molar-refractivity contribution in [1.29, 1.82) is 0 Å². The van der Waals surface area contributed by atoms with E-state index in [4.69, 9.17) is 4.74 Å². The zero-order valence-electron chi connectivity index (χ0n) is 13.8. The number of fused-ring (bicyclic) bond motifs is 1. The van der Waals surface area contributed by atoms with Gasteiger partial charge in [-0.25, -0.2) is 4.79 Å². The molecule has 0 atom stereocenters. The van der Waals surface area contributed by atoms with E-state index in [1.807, 2.05) is 25.1 Å². The van der Waals surface area contributed by atoms with Gasteiger partial charge in [0, 0.05) is 10.4 Å². The molecule has 0 saturated heterocycles. The van der Waals surface area contributed by atoms with Crippen molar-refractivity contribution in [2.45, 2.75) is 32.6 Å². The summed E-state index contributed by atoms with van der Waals surface area (Å²) in [7, 11) is 0. The van der Waals surface area contributed by atoms with Gasteiger partial charge in [-0.05, 0) is 38.2 Å². The monoisotopic (exact) mass is 343 g/mol. The van der Waals surface area contributed by atoms with Crippen LogP contribution >= 0.6 is 11.3 Å². The molecule has 0 unspecified atom stereocenters. The first-order chi connectivity index (χ1) is 11.7. The van der Waals surface area contributed by atoms with E-state index in [2.05, 4.69) is 5.32 Å². The minimum atomic E-state index is -0.286. The first kappa shape index (κ1) is 16.7. The smallest absolute Gasteiger partial charge is 0.341 e. The summed E-state index contributed by atoms with van der Waals surface area (Å²) < 4.78 is 5.23. The fourth-order valence-corrected chi connectivity index (χ4v) is 4.27. The predicted molar refractivity (Wildman–Crippen MR) is 96.2 cm³/mol. The van der Waals surface area contributed by atoms with Gasteiger partial charge in [0.25, 0.3) is 0 Å². The van der Waals surface area contributed by atoms with Gasteiger partial charge in [-0.1, -0.05) is 30.3 Å². The molecule has 0 saturated carbocycles. The molecule has 2 aromatic rings. The summed E-state index contributed by atoms with van der Waals surface area (Å²) in [6.45, 7) is 2.34. The fourth-order valence-electron chi connectivity index (χ4n) is 3.00. The second kappa shape index (κ2) is 7.62. The maximum absolute atomic E-state index is 12.4. The lowest BCUT2D eigenvalue weighted by molar-refractivity contribution is 0.0526. The average molecular weight is 343 g/mol. The second-order valence-corrected chi connectivity index (χ2v) is 6.88. The Morgan fingerprint density at radius 3 is 2.67 bits per heavy atom. The van der Waals surface area contributed by atoms with Crippen LogP contribution in [0.15, 0.2) is 30.3 Å². The largest absolute Gasteiger partial charge is 0.462 e. The van der Waals surface area contributed by atoms with Crippen LogP contribution in [-0.2, 0) is 17.6 Å². The van der Waals surface area contributed by atoms with E-state index in [9.17, 15) is 9.59 Å². The number of nitrogens with one attached hydrogen (secondary N) is 1. The molecule has 4 nitrogen and oxygen atoms in total. The molecule has 0 spiro atoms. The standard InChI is InChI=1S/C19H21NO3S/c1-2-23-19(22)17-14-10-6-7-11-16(14)24-18(17)20-12-15(21)13-8-4-3-5-9-13/h3-5,8-9,20H,2,6-7,10-12H2,1H3. The van der Waals surface area contributed by atoms with E-state index in [1.54, 1.807) is 23.5 Å². The number of ether oxygens (including phenoxy) is 1. The lowest BCUT2D eigenvalue weighted by atomic mass is 9.95. The molecule has 1 N–H and O–H groups in total. The highest BCUT2D eigenvalue weighted by atomic mass is 32.1. The first-order valence-electron chi connectivity index (χ1n) is 8.34. The minimum Gasteiger partial charge on any atom is -0.462 e. The van der Waals surface area contributed by atoms with E-state index >= 15 is 0 Å². The lowest BCUT2D eigenvalue weighted by Gasteiger charge is -2.12. The van der Waals surface area contributed by atoms with Gasteiger partial charge in [0.2, 0.25) is 0 Å². The van der Waals surface area contributed by atoms with Crippen LogP contribution in [0.25, 0.3) is 0 Å². The summed E-state index contributed by atoms with van der Waals surface area (Å²) in [6.07, 6.45) is 4.16. The molecular weight excluding hydrogens is 322 g/mol. The predicted octanol–water partition coefficient (Wildman–Crippen LogP) is 4.10. The summed E-state index contributed by atoms with van der Waals surface area (Å²) >= 11 is 1.59. The highest BCUT2D eigenvalue weighted by molar-refractivity contribution is 7.16. The number of Topliss-reactive ketones (excluding diaryl/α,β-unsaturated/α-hetero) is 1. The molecule has 0 bridgehead atoms. The molecule has 1 aromatic carbocycles. The van der Waals surface area contributed by atoms with Gasteiger partial charge in [0.15, 0.2) is 5.78 Å². The van der Waals surface area contributed by atoms with E-state index in [-0.39, 0.29) is 18.3 Å². The van der Waals surface area contributed by atoms with Crippen LogP contribution in [-0.4, -0.2) is 24.9 Å². The minimum absolute atomic E-state index is 0.0109. The Balaban J connectivity index is 1.81. The summed E-state index contributed by atoms with van der Waals surface area (Å²) in [6, 6.07) is 9.18. The quantitative estimate of drug-likeness (QED) is 0.634. The molecule has 1 aliphatic rings. The maximum Gasteiger partial charge on any atom is 0.341 e. The van der Waals surface area contributed by atoms with Crippen molar-refractivity contribution in [3.63, 3.8) is 0 Å². The number of anilines is 1. The fraction of sp³-hybridized carbons (Fsp3) is 0.368. The van der Waals surface area contributed by atoms with Gasteiger partial charge in [-0.15, -0.1) is 11.3 Å². The van der Waals surface area contributed by atoms with Crippen molar-refractivity contribution in [1.82, 2.24) is 0 Å². The van der Waals surface area contributed by atoms with E-state index in [0.29, 0.717) is 17.7 Å². The topological polar surface area (TPSA) is 55.4 Å². The van der Waals surface area contributed by atoms with Crippen LogP contribution in [0, 0.1) is 0 Å². The Bertz CT molecular complexity index is 737. The molecule has 5 heteroatoms. The molecule has 0 aliphatic heterocycles. The van der Waals surface area contributed by atoms with Gasteiger partial charge in [0.1, 0.15) is 5.00 Å². The van der Waals surface area contributed by atoms with Crippen molar-refractivity contribution < 1.29 is 14.3 Å². The van der Waals surface area contributed by atoms with Crippen LogP contribution in [0.2, 0.25) is 0 Å². The lowest BCUT2D eigenvalue weighted by Crippen LogP contribution is -2.16. The Labute approximate surface area is 145 Å². The molecule has 0 fully saturated rings. The molecule has 24 heavy (non-hydrogen) atoms. The summed E-state index contributed by atoms with van der Waals surface area (Å²) in [4.78, 5) is 25.9. The highest BCUT2D eigenvalue weighted by Crippen LogP contribution is 2.38. The van der Waals surface area contributed by atoms with Crippen molar-refractivity contribution in [2.24, 2.45) is 0 Å². The molecule has 1 aromatic heterocycles. The molecule has 126 valence electrons. The molecule has 1 aliphatic carbocycles. The van der Waals surface area contributed by atoms with Crippen LogP contribution in [0.5, 0.6) is 0 Å². The number of ketones is 1.